The molecule has 0 saturated heterocycles. The molecule has 0 aromatic rings. The van der Waals surface area contributed by atoms with Gasteiger partial charge in [-0.1, -0.05) is 17.9 Å². The van der Waals surface area contributed by atoms with Gasteiger partial charge >= 0.3 is 0 Å². The first-order chi connectivity index (χ1) is 5.37. The van der Waals surface area contributed by atoms with E-state index in [2.05, 4.69) is 53.6 Å². The predicted molar refractivity (Wildman–Crippen MR) is 94.0 cm³/mol. The van der Waals surface area contributed by atoms with E-state index in [1.807, 2.05) is 0 Å². The molecule has 0 bridgehead atoms. The summed E-state index contributed by atoms with van der Waals surface area (Å²) in [6.45, 7) is -1.43. The van der Waals surface area contributed by atoms with Gasteiger partial charge in [0.15, 0.2) is 0 Å². The van der Waals surface area contributed by atoms with Crippen molar-refractivity contribution in [1.82, 2.24) is 0 Å². The van der Waals surface area contributed by atoms with Crippen LogP contribution in [0.1, 0.15) is 0 Å². The van der Waals surface area contributed by atoms with Crippen molar-refractivity contribution in [3.63, 3.8) is 0 Å². The van der Waals surface area contributed by atoms with Crippen molar-refractivity contribution >= 4 is 89.1 Å². The summed E-state index contributed by atoms with van der Waals surface area (Å²) in [5, 5.41) is 0. The molecule has 0 saturated carbocycles. The Morgan fingerprint density at radius 1 is 0.667 bits per heavy atom. The maximum absolute atomic E-state index is 13.8. The summed E-state index contributed by atoms with van der Waals surface area (Å²) in [6.07, 6.45) is 0. The fraction of sp³-hybridized carbons (Fsp3) is 0. The van der Waals surface area contributed by atoms with Gasteiger partial charge in [-0.25, -0.2) is 4.20 Å². The number of rotatable bonds is 4. The van der Waals surface area contributed by atoms with E-state index in [1.165, 1.54) is 0 Å². The van der Waals surface area contributed by atoms with Crippen LogP contribution in [-0.2, 0) is 0 Å². The van der Waals surface area contributed by atoms with E-state index in [-0.39, 0.29) is 14.0 Å². The van der Waals surface area contributed by atoms with Crippen molar-refractivity contribution in [2.75, 3.05) is 0 Å². The highest BCUT2D eigenvalue weighted by Crippen LogP contribution is 3.14. The molecule has 0 aliphatic heterocycles. The minimum absolute atomic E-state index is 0.247. The van der Waals surface area contributed by atoms with Crippen molar-refractivity contribution in [2.24, 2.45) is 0 Å². The third-order valence-electron chi connectivity index (χ3n) is 0.751. The quantitative estimate of drug-likeness (QED) is 0.483. The number of hydrogen-bond donors (Lipinski definition) is 0. The lowest BCUT2D eigenvalue weighted by atomic mass is 18.9. The zero-order chi connectivity index (χ0) is 9.89. The Hall–Kier alpha value is 4.66. The second-order valence-electron chi connectivity index (χ2n) is 1.65. The highest BCUT2D eigenvalue weighted by Gasteiger charge is 2.30. The van der Waals surface area contributed by atoms with Crippen LogP contribution in [0.15, 0.2) is 0 Å². The van der Waals surface area contributed by atoms with Crippen molar-refractivity contribution in [1.29, 1.82) is 0 Å². The Balaban J connectivity index is 4.30. The number of halogens is 1. The Morgan fingerprint density at radius 2 is 1.00 bits per heavy atom. The predicted octanol–water partition coefficient (Wildman–Crippen LogP) is 6.68. The van der Waals surface area contributed by atoms with E-state index >= 15 is 0 Å². The van der Waals surface area contributed by atoms with Crippen molar-refractivity contribution in [3.05, 3.63) is 0 Å². The van der Waals surface area contributed by atoms with Gasteiger partial charge in [-0.15, -0.1) is 35.7 Å². The second-order valence-corrected chi connectivity index (χ2v) is 41.8. The maximum atomic E-state index is 13.8. The van der Waals surface area contributed by atoms with Gasteiger partial charge < -0.3 is 0 Å². The van der Waals surface area contributed by atoms with Gasteiger partial charge in [-0.2, -0.15) is 0 Å². The van der Waals surface area contributed by atoms with Crippen LogP contribution in [0.4, 0.5) is 4.20 Å². The van der Waals surface area contributed by atoms with Gasteiger partial charge in [0.1, 0.15) is 7.61 Å². The van der Waals surface area contributed by atoms with Crippen molar-refractivity contribution in [2.45, 2.75) is 0 Å². The highest BCUT2D eigenvalue weighted by atomic mass is 33.2. The third-order valence-corrected chi connectivity index (χ3v) is 52.5. The Bertz CT molecular complexity index is 108. The topological polar surface area (TPSA) is 0 Å². The molecule has 0 aliphatic rings. The zero-order valence-corrected chi connectivity index (χ0v) is 17.5. The van der Waals surface area contributed by atoms with Gasteiger partial charge in [0.25, 0.3) is 0 Å². The minimum atomic E-state index is -1.25. The van der Waals surface area contributed by atoms with E-state index in [9.17, 15) is 4.20 Å². The monoisotopic (exact) mass is 372 g/mol. The van der Waals surface area contributed by atoms with Crippen molar-refractivity contribution < 1.29 is 4.20 Å². The maximum Gasteiger partial charge on any atom is 0.146 e. The third kappa shape index (κ3) is 6.41. The molecule has 7 unspecified atom stereocenters. The average Bonchev–Trinajstić information content (AvgIpc) is 1.85. The highest BCUT2D eigenvalue weighted by molar-refractivity contribution is 9.16. The van der Waals surface area contributed by atoms with Gasteiger partial charge in [0.05, 0.1) is 0 Å². The van der Waals surface area contributed by atoms with Crippen LogP contribution in [0, 0.1) is 0 Å². The molecule has 0 amide bonds. The smallest absolute Gasteiger partial charge is 0.146 e. The first kappa shape index (κ1) is 16.7. The molecule has 0 heterocycles. The summed E-state index contributed by atoms with van der Waals surface area (Å²) >= 11 is 0. The summed E-state index contributed by atoms with van der Waals surface area (Å²) in [5.74, 6) is 0. The van der Waals surface area contributed by atoms with Gasteiger partial charge in [-0.3, -0.25) is 0 Å². The lowest BCUT2D eigenvalue weighted by Crippen LogP contribution is -1.45. The lowest BCUT2D eigenvalue weighted by Gasteiger charge is -2.29. The molecule has 0 aromatic heterocycles. The Labute approximate surface area is 93.1 Å². The molecule has 0 aliphatic carbocycles. The van der Waals surface area contributed by atoms with Crippen LogP contribution in [-0.4, -0.2) is 0 Å². The molecule has 0 aromatic carbocycles. The van der Waals surface area contributed by atoms with Gasteiger partial charge in [0, 0.05) is 6.99 Å². The van der Waals surface area contributed by atoms with Crippen LogP contribution in [0.5, 0.6) is 0 Å². The van der Waals surface area contributed by atoms with Crippen molar-refractivity contribution in [3.8, 4) is 0 Å². The largest absolute Gasteiger partial charge is 0.216 e. The molecule has 7 atom stereocenters. The molecule has 0 spiro atoms. The summed E-state index contributed by atoms with van der Waals surface area (Å²) < 4.78 is 13.8. The Morgan fingerprint density at radius 3 is 1.08 bits per heavy atom. The normalized spacial score (nSPS) is 15.2. The SMILES string of the molecule is FP(P(P)P)P(P(P)P)P(P)P. The fourth-order valence-electron chi connectivity index (χ4n) is 0.382. The lowest BCUT2D eigenvalue weighted by molar-refractivity contribution is 0.931. The first-order valence-electron chi connectivity index (χ1n) is 2.52. The molecular formula is H12FP11. The number of hydrogen-bond acceptors (Lipinski definition) is 0. The summed E-state index contributed by atoms with van der Waals surface area (Å²) in [7, 11) is 15.1. The molecule has 0 fully saturated rings. The van der Waals surface area contributed by atoms with Crippen LogP contribution in [0.2, 0.25) is 0 Å². The average molecular weight is 372 g/mol. The van der Waals surface area contributed by atoms with E-state index in [0.29, 0.717) is 0 Å². The molecule has 74 valence electrons. The molecule has 0 N–H and O–H groups in total. The summed E-state index contributed by atoms with van der Waals surface area (Å²) in [4.78, 5) is 0. The van der Waals surface area contributed by atoms with E-state index in [4.69, 9.17) is 0 Å². The van der Waals surface area contributed by atoms with Crippen LogP contribution >= 0.6 is 89.1 Å². The minimum Gasteiger partial charge on any atom is -0.216 e. The first-order valence-corrected chi connectivity index (χ1v) is 21.6. The van der Waals surface area contributed by atoms with Crippen LogP contribution in [0.3, 0.4) is 0 Å². The molecular weight excluding hydrogens is 360 g/mol. The standard InChI is InChI=1S/FH12P11/c1-8(9(2)3)12(10(4)5)11(6)7/h2-7H2. The van der Waals surface area contributed by atoms with Crippen LogP contribution in [0.25, 0.3) is 0 Å². The van der Waals surface area contributed by atoms with E-state index in [0.717, 1.165) is 0 Å². The molecule has 0 nitrogen and oxygen atoms in total. The fourth-order valence-corrected chi connectivity index (χ4v) is 80.2. The summed E-state index contributed by atoms with van der Waals surface area (Å²) in [6, 6.07) is 0. The van der Waals surface area contributed by atoms with Gasteiger partial charge in [0.2, 0.25) is 0 Å². The zero-order valence-electron chi connectivity index (χ0n) is 6.08. The molecule has 12 heavy (non-hydrogen) atoms. The van der Waals surface area contributed by atoms with Crippen LogP contribution < -0.4 is 0 Å². The van der Waals surface area contributed by atoms with E-state index in [1.54, 1.807) is 0 Å². The second kappa shape index (κ2) is 8.71. The molecule has 0 rings (SSSR count). The van der Waals surface area contributed by atoms with Gasteiger partial charge in [-0.05, 0) is 21.0 Å². The summed E-state index contributed by atoms with van der Waals surface area (Å²) in [5.41, 5.74) is 0. The Kier molecular flexibility index (Phi) is 12.1. The molecule has 12 heteroatoms. The van der Waals surface area contributed by atoms with E-state index < -0.39 is 21.6 Å². The molecule has 0 radical (unpaired) electrons.